The van der Waals surface area contributed by atoms with Crippen molar-refractivity contribution in [2.75, 3.05) is 50.6 Å². The van der Waals surface area contributed by atoms with Crippen LogP contribution in [-0.2, 0) is 9.84 Å². The third-order valence-corrected chi connectivity index (χ3v) is 5.68. The Bertz CT molecular complexity index is 647. The van der Waals surface area contributed by atoms with Gasteiger partial charge in [-0.05, 0) is 7.05 Å². The molecule has 0 radical (unpaired) electrons. The van der Waals surface area contributed by atoms with Gasteiger partial charge in [0.05, 0.1) is 5.69 Å². The van der Waals surface area contributed by atoms with Crippen LogP contribution in [0, 0.1) is 0 Å². The summed E-state index contributed by atoms with van der Waals surface area (Å²) in [6.07, 6.45) is 1.06. The van der Waals surface area contributed by atoms with Crippen molar-refractivity contribution in [2.24, 2.45) is 5.73 Å². The standard InChI is InChI=1S/C11H19N5O3S2/c1-15-3-5-16(6-4-15)14-11-9(21(2,18)19)7(12)8(20-11)10(13)17/h14H,3-6,12H2,1-2H3,(H2,13,17). The van der Waals surface area contributed by atoms with Gasteiger partial charge in [-0.2, -0.15) is 0 Å². The van der Waals surface area contributed by atoms with Crippen LogP contribution in [0.25, 0.3) is 0 Å². The van der Waals surface area contributed by atoms with Crippen molar-refractivity contribution in [3.8, 4) is 0 Å². The maximum Gasteiger partial charge on any atom is 0.261 e. The van der Waals surface area contributed by atoms with Crippen LogP contribution in [0.15, 0.2) is 4.90 Å². The number of nitrogen functional groups attached to an aromatic ring is 1. The topological polar surface area (TPSA) is 122 Å². The Balaban J connectivity index is 2.34. The number of nitrogens with zero attached hydrogens (tertiary/aromatic N) is 2. The minimum Gasteiger partial charge on any atom is -0.396 e. The van der Waals surface area contributed by atoms with Crippen molar-refractivity contribution in [1.29, 1.82) is 0 Å². The molecular weight excluding hydrogens is 314 g/mol. The molecule has 1 amide bonds. The molecule has 1 saturated heterocycles. The van der Waals surface area contributed by atoms with Gasteiger partial charge in [0.25, 0.3) is 5.91 Å². The number of thiophene rings is 1. The lowest BCUT2D eigenvalue weighted by Crippen LogP contribution is -2.46. The van der Waals surface area contributed by atoms with Gasteiger partial charge in [-0.15, -0.1) is 11.3 Å². The molecular formula is C11H19N5O3S2. The predicted octanol–water partition coefficient (Wildman–Crippen LogP) is -0.593. The van der Waals surface area contributed by atoms with Gasteiger partial charge in [0, 0.05) is 32.4 Å². The number of hydrogen-bond donors (Lipinski definition) is 3. The monoisotopic (exact) mass is 333 g/mol. The average Bonchev–Trinajstić information content (AvgIpc) is 2.69. The first kappa shape index (κ1) is 16.0. The normalized spacial score (nSPS) is 17.8. The summed E-state index contributed by atoms with van der Waals surface area (Å²) >= 11 is 0.970. The van der Waals surface area contributed by atoms with E-state index in [0.29, 0.717) is 5.00 Å². The first-order valence-electron chi connectivity index (χ1n) is 6.32. The van der Waals surface area contributed by atoms with E-state index in [1.165, 1.54) is 0 Å². The van der Waals surface area contributed by atoms with Crippen molar-refractivity contribution in [3.05, 3.63) is 4.88 Å². The maximum absolute atomic E-state index is 11.9. The largest absolute Gasteiger partial charge is 0.396 e. The molecule has 8 nitrogen and oxygen atoms in total. The van der Waals surface area contributed by atoms with E-state index in [1.807, 2.05) is 12.1 Å². The molecule has 1 fully saturated rings. The smallest absolute Gasteiger partial charge is 0.261 e. The Morgan fingerprint density at radius 2 is 1.86 bits per heavy atom. The SMILES string of the molecule is CN1CCN(Nc2sc(C(N)=O)c(N)c2S(C)(=O)=O)CC1. The second-order valence-electron chi connectivity index (χ2n) is 5.04. The van der Waals surface area contributed by atoms with Crippen LogP contribution in [0.3, 0.4) is 0 Å². The van der Waals surface area contributed by atoms with Gasteiger partial charge in [0.2, 0.25) is 0 Å². The Morgan fingerprint density at radius 1 is 1.29 bits per heavy atom. The summed E-state index contributed by atoms with van der Waals surface area (Å²) in [4.78, 5) is 13.5. The van der Waals surface area contributed by atoms with Crippen LogP contribution in [-0.4, -0.2) is 63.7 Å². The Kier molecular flexibility index (Phi) is 4.42. The highest BCUT2D eigenvalue weighted by atomic mass is 32.2. The molecule has 1 aliphatic heterocycles. The van der Waals surface area contributed by atoms with E-state index in [4.69, 9.17) is 11.5 Å². The molecule has 0 aromatic carbocycles. The van der Waals surface area contributed by atoms with Gasteiger partial charge in [-0.25, -0.2) is 13.4 Å². The number of hydrogen-bond acceptors (Lipinski definition) is 8. The summed E-state index contributed by atoms with van der Waals surface area (Å²) in [5.74, 6) is -0.728. The Morgan fingerprint density at radius 3 is 2.33 bits per heavy atom. The predicted molar refractivity (Wildman–Crippen MR) is 83.1 cm³/mol. The molecule has 0 bridgehead atoms. The number of nitrogens with two attached hydrogens (primary N) is 2. The second-order valence-corrected chi connectivity index (χ2v) is 8.01. The van der Waals surface area contributed by atoms with E-state index < -0.39 is 15.7 Å². The molecule has 0 saturated carbocycles. The zero-order valence-electron chi connectivity index (χ0n) is 11.9. The lowest BCUT2D eigenvalue weighted by Gasteiger charge is -2.32. The third-order valence-electron chi connectivity index (χ3n) is 3.26. The molecule has 21 heavy (non-hydrogen) atoms. The van der Waals surface area contributed by atoms with Crippen molar-refractivity contribution in [2.45, 2.75) is 4.90 Å². The van der Waals surface area contributed by atoms with E-state index in [2.05, 4.69) is 10.3 Å². The number of nitrogens with one attached hydrogen (secondary N) is 1. The number of amides is 1. The first-order valence-corrected chi connectivity index (χ1v) is 9.03. The third kappa shape index (κ3) is 3.46. The van der Waals surface area contributed by atoms with Crippen LogP contribution >= 0.6 is 11.3 Å². The molecule has 10 heteroatoms. The van der Waals surface area contributed by atoms with Crippen LogP contribution in [0.5, 0.6) is 0 Å². The van der Waals surface area contributed by atoms with Crippen LogP contribution in [0.2, 0.25) is 0 Å². The highest BCUT2D eigenvalue weighted by molar-refractivity contribution is 7.91. The Hall–Kier alpha value is -1.36. The zero-order valence-corrected chi connectivity index (χ0v) is 13.6. The molecule has 5 N–H and O–H groups in total. The number of carbonyl (C=O) groups excluding carboxylic acids is 1. The summed E-state index contributed by atoms with van der Waals surface area (Å²) < 4.78 is 23.8. The van der Waals surface area contributed by atoms with Gasteiger partial charge in [0.15, 0.2) is 9.84 Å². The molecule has 1 aromatic heterocycles. The fraction of sp³-hybridized carbons (Fsp3) is 0.545. The molecule has 0 atom stereocenters. The van der Waals surface area contributed by atoms with E-state index in [0.717, 1.165) is 43.8 Å². The van der Waals surface area contributed by atoms with Crippen LogP contribution < -0.4 is 16.9 Å². The number of hydrazine groups is 1. The van der Waals surface area contributed by atoms with E-state index in [-0.39, 0.29) is 15.5 Å². The molecule has 0 unspecified atom stereocenters. The van der Waals surface area contributed by atoms with Crippen molar-refractivity contribution in [3.63, 3.8) is 0 Å². The molecule has 1 aromatic rings. The van der Waals surface area contributed by atoms with E-state index in [1.54, 1.807) is 0 Å². The van der Waals surface area contributed by atoms with Crippen molar-refractivity contribution >= 4 is 37.8 Å². The van der Waals surface area contributed by atoms with Gasteiger partial charge in [-0.1, -0.05) is 0 Å². The lowest BCUT2D eigenvalue weighted by atomic mass is 10.4. The highest BCUT2D eigenvalue weighted by Crippen LogP contribution is 2.39. The summed E-state index contributed by atoms with van der Waals surface area (Å²) in [5.41, 5.74) is 14.0. The summed E-state index contributed by atoms with van der Waals surface area (Å²) in [5, 5.41) is 2.25. The number of piperazine rings is 1. The number of likely N-dealkylation sites (N-methyl/N-ethyl adjacent to an activating group) is 1. The zero-order chi connectivity index (χ0) is 15.8. The summed E-state index contributed by atoms with van der Waals surface area (Å²) in [6, 6.07) is 0. The highest BCUT2D eigenvalue weighted by Gasteiger charge is 2.27. The summed E-state index contributed by atoms with van der Waals surface area (Å²) in [7, 11) is -1.54. The van der Waals surface area contributed by atoms with E-state index in [9.17, 15) is 13.2 Å². The summed E-state index contributed by atoms with van der Waals surface area (Å²) in [6.45, 7) is 3.21. The van der Waals surface area contributed by atoms with Gasteiger partial charge >= 0.3 is 0 Å². The number of rotatable bonds is 4. The van der Waals surface area contributed by atoms with Gasteiger partial charge in [0.1, 0.15) is 14.8 Å². The Labute approximate surface area is 127 Å². The minimum absolute atomic E-state index is 0.0553. The second kappa shape index (κ2) is 5.79. The molecule has 0 spiro atoms. The molecule has 1 aliphatic rings. The van der Waals surface area contributed by atoms with Crippen molar-refractivity contribution < 1.29 is 13.2 Å². The maximum atomic E-state index is 11.9. The van der Waals surface area contributed by atoms with Crippen molar-refractivity contribution in [1.82, 2.24) is 9.91 Å². The molecule has 0 aliphatic carbocycles. The van der Waals surface area contributed by atoms with Crippen LogP contribution in [0.1, 0.15) is 9.67 Å². The molecule has 2 heterocycles. The number of carbonyl (C=O) groups is 1. The molecule has 118 valence electrons. The van der Waals surface area contributed by atoms with E-state index >= 15 is 0 Å². The number of anilines is 2. The number of sulfone groups is 1. The number of primary amides is 1. The fourth-order valence-electron chi connectivity index (χ4n) is 2.12. The van der Waals surface area contributed by atoms with Crippen LogP contribution in [0.4, 0.5) is 10.7 Å². The minimum atomic E-state index is -3.56. The quantitative estimate of drug-likeness (QED) is 0.673. The van der Waals surface area contributed by atoms with Gasteiger partial charge < -0.3 is 21.8 Å². The fourth-order valence-corrected chi connectivity index (χ4v) is 4.54. The molecule has 2 rings (SSSR count). The average molecular weight is 333 g/mol. The van der Waals surface area contributed by atoms with Gasteiger partial charge in [-0.3, -0.25) is 4.79 Å². The first-order chi connectivity index (χ1) is 9.70. The lowest BCUT2D eigenvalue weighted by molar-refractivity contribution is 0.100.